The molecular weight excluding hydrogens is 332 g/mol. The quantitative estimate of drug-likeness (QED) is 0.890. The van der Waals surface area contributed by atoms with Crippen molar-refractivity contribution in [2.24, 2.45) is 0 Å². The summed E-state index contributed by atoms with van der Waals surface area (Å²) in [6.07, 6.45) is 0. The largest absolute Gasteiger partial charge is 0.352 e. The molecule has 0 bridgehead atoms. The van der Waals surface area contributed by atoms with Crippen LogP contribution in [0.15, 0.2) is 53.0 Å². The fourth-order valence-corrected chi connectivity index (χ4v) is 2.27. The predicted molar refractivity (Wildman–Crippen MR) is 86.5 cm³/mol. The highest BCUT2D eigenvalue weighted by Crippen LogP contribution is 2.17. The van der Waals surface area contributed by atoms with E-state index in [2.05, 4.69) is 26.6 Å². The van der Waals surface area contributed by atoms with Crippen LogP contribution >= 0.6 is 15.9 Å². The second-order valence-electron chi connectivity index (χ2n) is 4.37. The minimum Gasteiger partial charge on any atom is -0.352 e. The Morgan fingerprint density at radius 1 is 1.05 bits per heavy atom. The molecule has 4 nitrogen and oxygen atoms in total. The first-order chi connectivity index (χ1) is 10.1. The van der Waals surface area contributed by atoms with Gasteiger partial charge >= 0.3 is 0 Å². The van der Waals surface area contributed by atoms with Gasteiger partial charge in [-0.05, 0) is 37.3 Å². The van der Waals surface area contributed by atoms with Crippen molar-refractivity contribution in [2.45, 2.75) is 6.92 Å². The summed E-state index contributed by atoms with van der Waals surface area (Å²) in [5.41, 5.74) is 1.46. The summed E-state index contributed by atoms with van der Waals surface area (Å²) in [4.78, 5) is 24.2. The summed E-state index contributed by atoms with van der Waals surface area (Å²) in [5.74, 6) is -0.462. The number of carbonyl (C=O) groups excluding carboxylic acids is 2. The first-order valence-electron chi connectivity index (χ1n) is 6.56. The lowest BCUT2D eigenvalue weighted by Gasteiger charge is -2.11. The summed E-state index contributed by atoms with van der Waals surface area (Å²) in [7, 11) is 0. The van der Waals surface area contributed by atoms with Crippen molar-refractivity contribution in [2.75, 3.05) is 11.9 Å². The summed E-state index contributed by atoms with van der Waals surface area (Å²) >= 11 is 3.33. The van der Waals surface area contributed by atoms with Gasteiger partial charge in [-0.25, -0.2) is 0 Å². The van der Waals surface area contributed by atoms with Gasteiger partial charge in [-0.15, -0.1) is 0 Å². The van der Waals surface area contributed by atoms with E-state index >= 15 is 0 Å². The number of carbonyl (C=O) groups is 2. The third-order valence-electron chi connectivity index (χ3n) is 2.84. The van der Waals surface area contributed by atoms with Crippen molar-refractivity contribution in [1.82, 2.24) is 5.32 Å². The zero-order valence-electron chi connectivity index (χ0n) is 11.5. The highest BCUT2D eigenvalue weighted by atomic mass is 79.9. The summed E-state index contributed by atoms with van der Waals surface area (Å²) < 4.78 is 0.826. The molecule has 108 valence electrons. The topological polar surface area (TPSA) is 58.2 Å². The Morgan fingerprint density at radius 3 is 2.52 bits per heavy atom. The van der Waals surface area contributed by atoms with Crippen molar-refractivity contribution in [1.29, 1.82) is 0 Å². The molecule has 0 atom stereocenters. The molecule has 5 heteroatoms. The van der Waals surface area contributed by atoms with Gasteiger partial charge in [0.05, 0.1) is 11.3 Å². The number of hydrogen-bond donors (Lipinski definition) is 2. The zero-order valence-corrected chi connectivity index (χ0v) is 13.1. The molecule has 0 aliphatic rings. The molecule has 0 heterocycles. The lowest BCUT2D eigenvalue weighted by molar-refractivity contribution is 0.0956. The fourth-order valence-electron chi connectivity index (χ4n) is 1.87. The maximum Gasteiger partial charge on any atom is 0.255 e. The summed E-state index contributed by atoms with van der Waals surface area (Å²) in [5, 5.41) is 5.50. The van der Waals surface area contributed by atoms with E-state index in [9.17, 15) is 9.59 Å². The minimum atomic E-state index is -0.256. The second kappa shape index (κ2) is 7.04. The molecule has 0 spiro atoms. The minimum absolute atomic E-state index is 0.206. The molecule has 21 heavy (non-hydrogen) atoms. The highest BCUT2D eigenvalue weighted by molar-refractivity contribution is 9.10. The number of para-hydroxylation sites is 1. The first-order valence-corrected chi connectivity index (χ1v) is 7.35. The van der Waals surface area contributed by atoms with E-state index in [1.165, 1.54) is 0 Å². The molecule has 0 radical (unpaired) electrons. The van der Waals surface area contributed by atoms with Crippen molar-refractivity contribution in [3.05, 3.63) is 64.1 Å². The second-order valence-corrected chi connectivity index (χ2v) is 5.29. The van der Waals surface area contributed by atoms with Crippen molar-refractivity contribution < 1.29 is 9.59 Å². The standard InChI is InChI=1S/C16H15BrN2O2/c1-2-18-16(21)13-8-3-4-9-14(13)19-15(20)11-6-5-7-12(17)10-11/h3-10H,2H2,1H3,(H,18,21)(H,19,20). The molecule has 2 rings (SSSR count). The van der Waals surface area contributed by atoms with Crippen LogP contribution in [0.25, 0.3) is 0 Å². The smallest absolute Gasteiger partial charge is 0.255 e. The van der Waals surface area contributed by atoms with Crippen LogP contribution in [0.5, 0.6) is 0 Å². The van der Waals surface area contributed by atoms with E-state index in [1.807, 2.05) is 13.0 Å². The van der Waals surface area contributed by atoms with Gasteiger partial charge in [0.2, 0.25) is 0 Å². The van der Waals surface area contributed by atoms with Gasteiger partial charge in [0.15, 0.2) is 0 Å². The van der Waals surface area contributed by atoms with Crippen molar-refractivity contribution in [3.8, 4) is 0 Å². The third-order valence-corrected chi connectivity index (χ3v) is 3.34. The average molecular weight is 347 g/mol. The molecule has 0 saturated carbocycles. The normalized spacial score (nSPS) is 10.0. The maximum absolute atomic E-state index is 12.2. The van der Waals surface area contributed by atoms with E-state index in [0.29, 0.717) is 23.4 Å². The SMILES string of the molecule is CCNC(=O)c1ccccc1NC(=O)c1cccc(Br)c1. The van der Waals surface area contributed by atoms with Crippen LogP contribution in [-0.4, -0.2) is 18.4 Å². The van der Waals surface area contributed by atoms with Crippen LogP contribution in [0.2, 0.25) is 0 Å². The lowest BCUT2D eigenvalue weighted by Crippen LogP contribution is -2.24. The molecule has 0 unspecified atom stereocenters. The Hall–Kier alpha value is -2.14. The van der Waals surface area contributed by atoms with Gasteiger partial charge in [-0.2, -0.15) is 0 Å². The zero-order chi connectivity index (χ0) is 15.2. The fraction of sp³-hybridized carbons (Fsp3) is 0.125. The van der Waals surface area contributed by atoms with Gasteiger partial charge in [0.1, 0.15) is 0 Å². The number of hydrogen-bond acceptors (Lipinski definition) is 2. The van der Waals surface area contributed by atoms with Gasteiger partial charge in [-0.1, -0.05) is 34.1 Å². The summed E-state index contributed by atoms with van der Waals surface area (Å²) in [6, 6.07) is 14.0. The number of amides is 2. The van der Waals surface area contributed by atoms with Crippen molar-refractivity contribution in [3.63, 3.8) is 0 Å². The lowest BCUT2D eigenvalue weighted by atomic mass is 10.1. The molecule has 2 N–H and O–H groups in total. The van der Waals surface area contributed by atoms with Crippen LogP contribution in [0.4, 0.5) is 5.69 Å². The van der Waals surface area contributed by atoms with E-state index in [4.69, 9.17) is 0 Å². The average Bonchev–Trinajstić information content (AvgIpc) is 2.48. The van der Waals surface area contributed by atoms with Gasteiger partial charge in [0.25, 0.3) is 11.8 Å². The highest BCUT2D eigenvalue weighted by Gasteiger charge is 2.13. The molecular formula is C16H15BrN2O2. The summed E-state index contributed by atoms with van der Waals surface area (Å²) in [6.45, 7) is 2.38. The van der Waals surface area contributed by atoms with E-state index < -0.39 is 0 Å². The molecule has 0 aromatic heterocycles. The van der Waals surface area contributed by atoms with Gasteiger partial charge < -0.3 is 10.6 Å². The molecule has 2 amide bonds. The maximum atomic E-state index is 12.2. The predicted octanol–water partition coefficient (Wildman–Crippen LogP) is 3.45. The Bertz CT molecular complexity index is 671. The Kier molecular flexibility index (Phi) is 5.11. The number of halogens is 1. The van der Waals surface area contributed by atoms with Gasteiger partial charge in [0, 0.05) is 16.6 Å². The van der Waals surface area contributed by atoms with Gasteiger partial charge in [-0.3, -0.25) is 9.59 Å². The van der Waals surface area contributed by atoms with Crippen LogP contribution < -0.4 is 10.6 Å². The Morgan fingerprint density at radius 2 is 1.81 bits per heavy atom. The molecule has 0 aliphatic heterocycles. The van der Waals surface area contributed by atoms with Crippen LogP contribution in [-0.2, 0) is 0 Å². The van der Waals surface area contributed by atoms with Crippen LogP contribution in [0.3, 0.4) is 0 Å². The van der Waals surface area contributed by atoms with Crippen LogP contribution in [0, 0.1) is 0 Å². The Balaban J connectivity index is 2.23. The van der Waals surface area contributed by atoms with E-state index in [1.54, 1.807) is 42.5 Å². The number of rotatable bonds is 4. The molecule has 0 aliphatic carbocycles. The van der Waals surface area contributed by atoms with Crippen LogP contribution in [0.1, 0.15) is 27.6 Å². The first kappa shape index (κ1) is 15.3. The van der Waals surface area contributed by atoms with E-state index in [-0.39, 0.29) is 11.8 Å². The van der Waals surface area contributed by atoms with Crippen molar-refractivity contribution >= 4 is 33.4 Å². The molecule has 2 aromatic rings. The Labute approximate surface area is 131 Å². The third kappa shape index (κ3) is 3.92. The molecule has 0 fully saturated rings. The number of nitrogens with one attached hydrogen (secondary N) is 2. The molecule has 2 aromatic carbocycles. The monoisotopic (exact) mass is 346 g/mol. The number of anilines is 1. The number of benzene rings is 2. The molecule has 0 saturated heterocycles. The van der Waals surface area contributed by atoms with E-state index in [0.717, 1.165) is 4.47 Å².